The third kappa shape index (κ3) is 7.54. The maximum Gasteiger partial charge on any atom is 0.349 e. The van der Waals surface area contributed by atoms with Crippen LogP contribution in [0.2, 0.25) is 0 Å². The molecule has 0 radical (unpaired) electrons. The molecule has 0 saturated carbocycles. The van der Waals surface area contributed by atoms with E-state index in [2.05, 4.69) is 32.9 Å². The molecule has 6 nitrogen and oxygen atoms in total. The summed E-state index contributed by atoms with van der Waals surface area (Å²) < 4.78 is 34.8. The van der Waals surface area contributed by atoms with Gasteiger partial charge in [0.1, 0.15) is 0 Å². The van der Waals surface area contributed by atoms with Gasteiger partial charge in [-0.25, -0.2) is 13.2 Å². The van der Waals surface area contributed by atoms with E-state index in [0.717, 1.165) is 11.2 Å². The molecule has 1 N–H and O–H groups in total. The predicted octanol–water partition coefficient (Wildman–Crippen LogP) is 5.33. The predicted molar refractivity (Wildman–Crippen MR) is 133 cm³/mol. The minimum Gasteiger partial charge on any atom is -0.504 e. The fourth-order valence-corrected chi connectivity index (χ4v) is 4.61. The number of esters is 1. The van der Waals surface area contributed by atoms with Crippen molar-refractivity contribution in [3.8, 4) is 11.5 Å². The number of benzene rings is 2. The molecule has 0 amide bonds. The number of carbonyl (C=O) groups excluding carboxylic acids is 1. The molecule has 0 aromatic heterocycles. The number of phenols is 1. The Morgan fingerprint density at radius 1 is 1.09 bits per heavy atom. The molecule has 8 heteroatoms. The van der Waals surface area contributed by atoms with Gasteiger partial charge in [-0.3, -0.25) is 0 Å². The molecular weight excluding hydrogens is 460 g/mol. The summed E-state index contributed by atoms with van der Waals surface area (Å²) in [6, 6.07) is 11.4. The number of ether oxygens (including phenoxy) is 2. The van der Waals surface area contributed by atoms with Crippen LogP contribution in [0, 0.1) is 0 Å². The van der Waals surface area contributed by atoms with Crippen LogP contribution < -0.4 is 4.74 Å². The number of rotatable bonds is 9. The van der Waals surface area contributed by atoms with Crippen molar-refractivity contribution in [1.29, 1.82) is 0 Å². The number of phenolic OH excluding ortho intramolecular Hbond substituents is 1. The van der Waals surface area contributed by atoms with Crippen LogP contribution in [0.3, 0.4) is 0 Å². The summed E-state index contributed by atoms with van der Waals surface area (Å²) in [6.07, 6.45) is 2.21. The Balaban J connectivity index is 2.42. The maximum atomic E-state index is 12.2. The summed E-state index contributed by atoms with van der Waals surface area (Å²) in [5, 5.41) is 10.7. The van der Waals surface area contributed by atoms with Crippen molar-refractivity contribution >= 4 is 33.6 Å². The monoisotopic (exact) mass is 492 g/mol. The molecule has 33 heavy (non-hydrogen) atoms. The molecule has 0 aliphatic heterocycles. The zero-order valence-corrected chi connectivity index (χ0v) is 21.6. The van der Waals surface area contributed by atoms with Crippen LogP contribution in [0.25, 0.3) is 6.08 Å². The number of thioether (sulfide) groups is 1. The highest BCUT2D eigenvalue weighted by molar-refractivity contribution is 7.98. The lowest BCUT2D eigenvalue weighted by Gasteiger charge is -2.19. The maximum absolute atomic E-state index is 12.2. The minimum atomic E-state index is -3.83. The van der Waals surface area contributed by atoms with E-state index in [4.69, 9.17) is 9.47 Å². The molecule has 2 rings (SSSR count). The van der Waals surface area contributed by atoms with Gasteiger partial charge in [0.2, 0.25) is 0 Å². The number of hydrogen-bond donors (Lipinski definition) is 1. The molecule has 0 bridgehead atoms. The van der Waals surface area contributed by atoms with Gasteiger partial charge >= 0.3 is 5.97 Å². The van der Waals surface area contributed by atoms with Crippen LogP contribution in [0.5, 0.6) is 11.5 Å². The van der Waals surface area contributed by atoms with Crippen LogP contribution >= 0.6 is 11.8 Å². The summed E-state index contributed by atoms with van der Waals surface area (Å²) in [5.41, 5.74) is 2.27. The van der Waals surface area contributed by atoms with Gasteiger partial charge in [0.05, 0.1) is 13.2 Å². The lowest BCUT2D eigenvalue weighted by atomic mass is 9.87. The second-order valence-corrected chi connectivity index (χ2v) is 11.6. The van der Waals surface area contributed by atoms with Crippen molar-refractivity contribution in [3.63, 3.8) is 0 Å². The molecule has 0 unspecified atom stereocenters. The highest BCUT2D eigenvalue weighted by atomic mass is 32.2. The molecular formula is C25H32O6S2. The quantitative estimate of drug-likeness (QED) is 0.287. The highest BCUT2D eigenvalue weighted by Gasteiger charge is 2.22. The summed E-state index contributed by atoms with van der Waals surface area (Å²) in [4.78, 5) is 12.8. The van der Waals surface area contributed by atoms with Gasteiger partial charge in [-0.2, -0.15) is 0 Å². The van der Waals surface area contributed by atoms with Gasteiger partial charge in [0, 0.05) is 22.5 Å². The second kappa shape index (κ2) is 11.1. The summed E-state index contributed by atoms with van der Waals surface area (Å²) >= 11 is 1.54. The molecule has 0 aliphatic carbocycles. The third-order valence-electron chi connectivity index (χ3n) is 4.76. The van der Waals surface area contributed by atoms with Crippen molar-refractivity contribution in [2.45, 2.75) is 50.7 Å². The van der Waals surface area contributed by atoms with E-state index in [-0.39, 0.29) is 23.5 Å². The van der Waals surface area contributed by atoms with Crippen molar-refractivity contribution in [3.05, 3.63) is 58.0 Å². The molecule has 0 saturated heterocycles. The lowest BCUT2D eigenvalue weighted by Crippen LogP contribution is -2.15. The topological polar surface area (TPSA) is 89.9 Å². The average Bonchev–Trinajstić information content (AvgIpc) is 2.72. The van der Waals surface area contributed by atoms with Gasteiger partial charge in [0.25, 0.3) is 0 Å². The fourth-order valence-electron chi connectivity index (χ4n) is 3.03. The molecule has 0 heterocycles. The van der Waals surface area contributed by atoms with E-state index in [1.165, 1.54) is 29.5 Å². The molecule has 0 atom stereocenters. The van der Waals surface area contributed by atoms with Crippen LogP contribution in [0.1, 0.15) is 51.3 Å². The first-order chi connectivity index (χ1) is 15.4. The summed E-state index contributed by atoms with van der Waals surface area (Å²) in [5.74, 6) is -0.275. The Morgan fingerprint density at radius 3 is 2.24 bits per heavy atom. The van der Waals surface area contributed by atoms with E-state index in [0.29, 0.717) is 23.5 Å². The first-order valence-corrected chi connectivity index (χ1v) is 13.6. The second-order valence-electron chi connectivity index (χ2n) is 8.52. The minimum absolute atomic E-state index is 0.00940. The van der Waals surface area contributed by atoms with Gasteiger partial charge in [-0.1, -0.05) is 32.9 Å². The van der Waals surface area contributed by atoms with Gasteiger partial charge in [0.15, 0.2) is 26.2 Å². The Bertz CT molecular complexity index is 1110. The van der Waals surface area contributed by atoms with E-state index in [9.17, 15) is 18.3 Å². The molecule has 2 aromatic rings. The van der Waals surface area contributed by atoms with Crippen molar-refractivity contribution < 1.29 is 27.8 Å². The average molecular weight is 493 g/mol. The Hall–Kier alpha value is -2.45. The first kappa shape index (κ1) is 26.8. The lowest BCUT2D eigenvalue weighted by molar-refractivity contribution is -0.137. The van der Waals surface area contributed by atoms with Crippen LogP contribution in [0.15, 0.2) is 46.2 Å². The molecule has 0 fully saturated rings. The van der Waals surface area contributed by atoms with E-state index in [1.54, 1.807) is 19.9 Å². The number of sulfone groups is 1. The zero-order valence-electron chi connectivity index (χ0n) is 20.0. The summed E-state index contributed by atoms with van der Waals surface area (Å²) in [6.45, 7) is 10.2. The Labute approximate surface area is 200 Å². The Kier molecular flexibility index (Phi) is 9.03. The molecule has 180 valence electrons. The zero-order chi connectivity index (χ0) is 24.8. The highest BCUT2D eigenvalue weighted by Crippen LogP contribution is 2.37. The van der Waals surface area contributed by atoms with Crippen LogP contribution in [-0.4, -0.2) is 39.0 Å². The smallest absolute Gasteiger partial charge is 0.349 e. The van der Waals surface area contributed by atoms with Gasteiger partial charge in [-0.05, 0) is 60.7 Å². The standard InChI is InChI=1S/C25H32O6S2/c1-7-30-21-14-17(15-22(33(6,28)29)24(27)31-8-2)13-18(23(21)26)16-32-20-11-9-19(10-12-20)25(3,4)5/h9-15,26H,7-8,16H2,1-6H3/b22-15+. The van der Waals surface area contributed by atoms with Crippen molar-refractivity contribution in [2.24, 2.45) is 0 Å². The van der Waals surface area contributed by atoms with Crippen molar-refractivity contribution in [1.82, 2.24) is 0 Å². The summed E-state index contributed by atoms with van der Waals surface area (Å²) in [7, 11) is -3.83. The number of carbonyl (C=O) groups is 1. The first-order valence-electron chi connectivity index (χ1n) is 10.7. The van der Waals surface area contributed by atoms with Gasteiger partial charge in [-0.15, -0.1) is 11.8 Å². The van der Waals surface area contributed by atoms with Crippen molar-refractivity contribution in [2.75, 3.05) is 19.5 Å². The van der Waals surface area contributed by atoms with Gasteiger partial charge < -0.3 is 14.6 Å². The molecule has 2 aromatic carbocycles. The van der Waals surface area contributed by atoms with E-state index in [1.807, 2.05) is 12.1 Å². The normalized spacial score (nSPS) is 12.5. The van der Waals surface area contributed by atoms with Crippen LogP contribution in [0.4, 0.5) is 0 Å². The largest absolute Gasteiger partial charge is 0.504 e. The molecule has 0 aliphatic rings. The van der Waals surface area contributed by atoms with E-state index < -0.39 is 20.7 Å². The molecule has 0 spiro atoms. The van der Waals surface area contributed by atoms with Crippen LogP contribution in [-0.2, 0) is 30.5 Å². The third-order valence-corrected chi connectivity index (χ3v) is 6.91. The van der Waals surface area contributed by atoms with E-state index >= 15 is 0 Å². The number of hydrogen-bond acceptors (Lipinski definition) is 7. The Morgan fingerprint density at radius 2 is 1.73 bits per heavy atom. The fraction of sp³-hybridized carbons (Fsp3) is 0.400. The number of aromatic hydroxyl groups is 1. The SMILES string of the molecule is CCOC(=O)/C(=C\c1cc(CSc2ccc(C(C)(C)C)cc2)c(O)c(OCC)c1)S(C)(=O)=O.